The van der Waals surface area contributed by atoms with Crippen molar-refractivity contribution in [3.05, 3.63) is 0 Å². The van der Waals surface area contributed by atoms with Gasteiger partial charge in [0.1, 0.15) is 0 Å². The van der Waals surface area contributed by atoms with Gasteiger partial charge < -0.3 is 12.9 Å². The van der Waals surface area contributed by atoms with Gasteiger partial charge in [0.25, 0.3) is 0 Å². The van der Waals surface area contributed by atoms with Gasteiger partial charge in [-0.3, -0.25) is 0 Å². The van der Waals surface area contributed by atoms with Crippen molar-refractivity contribution in [2.24, 2.45) is 0 Å². The van der Waals surface area contributed by atoms with Crippen LogP contribution in [0.15, 0.2) is 0 Å². The Balaban J connectivity index is 2.52. The van der Waals surface area contributed by atoms with Gasteiger partial charge >= 0.3 is 6.98 Å². The molecule has 0 saturated heterocycles. The van der Waals surface area contributed by atoms with E-state index in [4.69, 9.17) is 0 Å². The van der Waals surface area contributed by atoms with E-state index in [1.54, 1.807) is 0 Å². The molecule has 0 heterocycles. The highest BCUT2D eigenvalue weighted by molar-refractivity contribution is 6.63. The first-order valence-electron chi connectivity index (χ1n) is 3.71. The number of hydrogen-bond acceptors (Lipinski definition) is 0. The molecular weight excluding hydrogens is 140 g/mol. The van der Waals surface area contributed by atoms with Crippen LogP contribution in [0, 0.1) is 0 Å². The Morgan fingerprint density at radius 1 is 1.30 bits per heavy atom. The lowest BCUT2D eigenvalue weighted by Gasteiger charge is -2.25. The lowest BCUT2D eigenvalue weighted by molar-refractivity contribution is 0.412. The summed E-state index contributed by atoms with van der Waals surface area (Å²) in [6, 6.07) is 0. The smallest absolute Gasteiger partial charge is 0.449 e. The third-order valence-corrected chi connectivity index (χ3v) is 2.33. The number of hydrogen-bond donors (Lipinski definition) is 0. The largest absolute Gasteiger partial charge is 0.484 e. The molecule has 0 spiro atoms. The van der Waals surface area contributed by atoms with Gasteiger partial charge in [0, 0.05) is 0 Å². The highest BCUT2D eigenvalue weighted by Gasteiger charge is 2.56. The fourth-order valence-corrected chi connectivity index (χ4v) is 1.40. The van der Waals surface area contributed by atoms with Gasteiger partial charge in [-0.1, -0.05) is 37.9 Å². The normalized spacial score (nSPS) is 22.8. The molecule has 1 rings (SSSR count). The molecule has 0 bridgehead atoms. The predicted molar refractivity (Wildman–Crippen MR) is 35.9 cm³/mol. The van der Waals surface area contributed by atoms with E-state index < -0.39 is 12.3 Å². The zero-order valence-corrected chi connectivity index (χ0v) is 6.04. The Labute approximate surface area is 58.9 Å². The van der Waals surface area contributed by atoms with Gasteiger partial charge in [-0.15, -0.1) is 0 Å². The summed E-state index contributed by atoms with van der Waals surface area (Å²) in [7, 11) is 0. The average Bonchev–Trinajstić information content (AvgIpc) is 2.45. The third kappa shape index (κ3) is 1.16. The standard InChI is InChI=1S/C6H11BF3/c1-2-3-6(4-5-6)7(8,9)10/h2-5H2,1H3/q-1. The summed E-state index contributed by atoms with van der Waals surface area (Å²) in [6.45, 7) is -2.74. The van der Waals surface area contributed by atoms with E-state index in [2.05, 4.69) is 0 Å². The highest BCUT2D eigenvalue weighted by atomic mass is 19.4. The van der Waals surface area contributed by atoms with Crippen molar-refractivity contribution in [2.45, 2.75) is 37.9 Å². The van der Waals surface area contributed by atoms with Crippen LogP contribution in [0.2, 0.25) is 5.31 Å². The van der Waals surface area contributed by atoms with Crippen LogP contribution in [0.3, 0.4) is 0 Å². The first kappa shape index (κ1) is 7.96. The summed E-state index contributed by atoms with van der Waals surface area (Å²) in [5.41, 5.74) is 0. The quantitative estimate of drug-likeness (QED) is 0.543. The molecule has 0 amide bonds. The first-order chi connectivity index (χ1) is 4.52. The molecular formula is C6H11BF3-. The Hall–Kier alpha value is -0.145. The highest BCUT2D eigenvalue weighted by Crippen LogP contribution is 2.65. The molecule has 0 unspecified atom stereocenters. The van der Waals surface area contributed by atoms with Gasteiger partial charge in [-0.25, -0.2) is 0 Å². The first-order valence-corrected chi connectivity index (χ1v) is 3.71. The molecule has 0 N–H and O–H groups in total. The van der Waals surface area contributed by atoms with Crippen LogP contribution in [-0.4, -0.2) is 6.98 Å². The molecule has 1 saturated carbocycles. The maximum absolute atomic E-state index is 12.1. The second-order valence-electron chi connectivity index (χ2n) is 3.19. The van der Waals surface area contributed by atoms with E-state index in [0.717, 1.165) is 0 Å². The number of halogens is 3. The number of rotatable bonds is 3. The minimum Gasteiger partial charge on any atom is -0.449 e. The molecule has 0 nitrogen and oxygen atoms in total. The van der Waals surface area contributed by atoms with Gasteiger partial charge in [0.2, 0.25) is 0 Å². The van der Waals surface area contributed by atoms with Gasteiger partial charge in [0.15, 0.2) is 0 Å². The van der Waals surface area contributed by atoms with E-state index in [1.165, 1.54) is 0 Å². The maximum Gasteiger partial charge on any atom is 0.484 e. The Kier molecular flexibility index (Phi) is 1.73. The van der Waals surface area contributed by atoms with Crippen molar-refractivity contribution >= 4 is 6.98 Å². The van der Waals surface area contributed by atoms with Crippen LogP contribution in [-0.2, 0) is 0 Å². The Bertz CT molecular complexity index is 125. The Morgan fingerprint density at radius 3 is 1.90 bits per heavy atom. The van der Waals surface area contributed by atoms with Crippen molar-refractivity contribution in [1.29, 1.82) is 0 Å². The van der Waals surface area contributed by atoms with E-state index in [9.17, 15) is 12.9 Å². The summed E-state index contributed by atoms with van der Waals surface area (Å²) in [5.74, 6) is 0. The van der Waals surface area contributed by atoms with Crippen LogP contribution >= 0.6 is 0 Å². The summed E-state index contributed by atoms with van der Waals surface area (Å²) in [6.07, 6.45) is 1.76. The van der Waals surface area contributed by atoms with Crippen molar-refractivity contribution in [3.8, 4) is 0 Å². The zero-order valence-electron chi connectivity index (χ0n) is 6.04. The molecule has 1 aliphatic rings. The van der Waals surface area contributed by atoms with Crippen LogP contribution in [0.4, 0.5) is 12.9 Å². The zero-order chi connectivity index (χ0) is 7.83. The van der Waals surface area contributed by atoms with Crippen molar-refractivity contribution in [1.82, 2.24) is 0 Å². The molecule has 4 heteroatoms. The lowest BCUT2D eigenvalue weighted by atomic mass is 9.66. The molecule has 0 aromatic rings. The molecule has 10 heavy (non-hydrogen) atoms. The van der Waals surface area contributed by atoms with Crippen molar-refractivity contribution in [3.63, 3.8) is 0 Å². The fraction of sp³-hybridized carbons (Fsp3) is 1.00. The maximum atomic E-state index is 12.1. The fourth-order valence-electron chi connectivity index (χ4n) is 1.40. The molecule has 0 aliphatic heterocycles. The van der Waals surface area contributed by atoms with Gasteiger partial charge in [-0.2, -0.15) is 0 Å². The Morgan fingerprint density at radius 2 is 1.80 bits per heavy atom. The molecule has 60 valence electrons. The van der Waals surface area contributed by atoms with E-state index in [-0.39, 0.29) is 0 Å². The monoisotopic (exact) mass is 151 g/mol. The summed E-state index contributed by atoms with van der Waals surface area (Å²) in [5, 5.41) is -1.20. The van der Waals surface area contributed by atoms with E-state index in [1.807, 2.05) is 6.92 Å². The van der Waals surface area contributed by atoms with Crippen molar-refractivity contribution < 1.29 is 12.9 Å². The second-order valence-corrected chi connectivity index (χ2v) is 3.19. The van der Waals surface area contributed by atoms with Crippen LogP contribution in [0.5, 0.6) is 0 Å². The third-order valence-electron chi connectivity index (χ3n) is 2.33. The van der Waals surface area contributed by atoms with Gasteiger partial charge in [-0.05, 0) is 0 Å². The summed E-state index contributed by atoms with van der Waals surface area (Å²) in [4.78, 5) is 0. The van der Waals surface area contributed by atoms with E-state index in [0.29, 0.717) is 25.7 Å². The predicted octanol–water partition coefficient (Wildman–Crippen LogP) is 3.17. The second kappa shape index (κ2) is 2.17. The summed E-state index contributed by atoms with van der Waals surface area (Å²) >= 11 is 0. The molecule has 0 radical (unpaired) electrons. The minimum absolute atomic E-state index is 0.344. The van der Waals surface area contributed by atoms with Gasteiger partial charge in [0.05, 0.1) is 0 Å². The minimum atomic E-state index is -4.55. The SMILES string of the molecule is CCCC1([B-](F)(F)F)CC1. The van der Waals surface area contributed by atoms with Crippen LogP contribution in [0.25, 0.3) is 0 Å². The topological polar surface area (TPSA) is 0 Å². The van der Waals surface area contributed by atoms with Crippen LogP contribution < -0.4 is 0 Å². The molecule has 1 fully saturated rings. The average molecular weight is 151 g/mol. The van der Waals surface area contributed by atoms with E-state index >= 15 is 0 Å². The molecule has 1 aliphatic carbocycles. The molecule has 0 aromatic heterocycles. The van der Waals surface area contributed by atoms with Crippen molar-refractivity contribution in [2.75, 3.05) is 0 Å². The summed E-state index contributed by atoms with van der Waals surface area (Å²) < 4.78 is 36.4. The van der Waals surface area contributed by atoms with Crippen LogP contribution in [0.1, 0.15) is 32.6 Å². The lowest BCUT2D eigenvalue weighted by Crippen LogP contribution is -2.25. The molecule has 0 aromatic carbocycles. The molecule has 0 atom stereocenters.